The molecule has 2 nitrogen and oxygen atoms in total. The summed E-state index contributed by atoms with van der Waals surface area (Å²) < 4.78 is 43.3. The van der Waals surface area contributed by atoms with Gasteiger partial charge in [-0.2, -0.15) is 13.2 Å². The fourth-order valence-electron chi connectivity index (χ4n) is 2.16. The molecule has 1 heterocycles. The summed E-state index contributed by atoms with van der Waals surface area (Å²) >= 11 is 5.94. The van der Waals surface area contributed by atoms with E-state index in [4.69, 9.17) is 16.3 Å². The number of rotatable bonds is 2. The summed E-state index contributed by atoms with van der Waals surface area (Å²) in [6.07, 6.45) is -2.73. The molecule has 0 radical (unpaired) electrons. The first-order valence-electron chi connectivity index (χ1n) is 6.11. The van der Waals surface area contributed by atoms with Crippen molar-refractivity contribution in [3.63, 3.8) is 0 Å². The minimum atomic E-state index is -4.36. The molecule has 0 aromatic heterocycles. The van der Waals surface area contributed by atoms with Gasteiger partial charge >= 0.3 is 6.18 Å². The lowest BCUT2D eigenvalue weighted by Gasteiger charge is -2.29. The maximum absolute atomic E-state index is 12.6. The molecule has 1 saturated heterocycles. The Labute approximate surface area is 114 Å². The van der Waals surface area contributed by atoms with Gasteiger partial charge in [0.15, 0.2) is 0 Å². The number of halogens is 4. The van der Waals surface area contributed by atoms with Crippen LogP contribution >= 0.6 is 11.6 Å². The largest absolute Gasteiger partial charge is 0.416 e. The van der Waals surface area contributed by atoms with Crippen LogP contribution in [0.15, 0.2) is 18.2 Å². The van der Waals surface area contributed by atoms with Gasteiger partial charge in [-0.3, -0.25) is 0 Å². The van der Waals surface area contributed by atoms with Gasteiger partial charge in [0.1, 0.15) is 0 Å². The zero-order valence-corrected chi connectivity index (χ0v) is 11.2. The highest BCUT2D eigenvalue weighted by Crippen LogP contribution is 2.34. The summed E-state index contributed by atoms with van der Waals surface area (Å²) in [6, 6.07) is 3.41. The Morgan fingerprint density at radius 1 is 1.37 bits per heavy atom. The molecule has 2 unspecified atom stereocenters. The minimum absolute atomic E-state index is 0.0877. The van der Waals surface area contributed by atoms with E-state index in [1.807, 2.05) is 6.92 Å². The number of nitrogens with one attached hydrogen (secondary N) is 1. The van der Waals surface area contributed by atoms with Gasteiger partial charge in [-0.15, -0.1) is 0 Å². The molecule has 19 heavy (non-hydrogen) atoms. The van der Waals surface area contributed by atoms with Crippen LogP contribution in [0.4, 0.5) is 18.9 Å². The van der Waals surface area contributed by atoms with E-state index in [0.717, 1.165) is 25.0 Å². The molecule has 2 atom stereocenters. The Bertz CT molecular complexity index is 450. The summed E-state index contributed by atoms with van der Waals surface area (Å²) in [5.74, 6) is 0. The Morgan fingerprint density at radius 2 is 2.11 bits per heavy atom. The van der Waals surface area contributed by atoms with Crippen molar-refractivity contribution in [3.8, 4) is 0 Å². The molecule has 1 aliphatic rings. The van der Waals surface area contributed by atoms with Crippen molar-refractivity contribution >= 4 is 17.3 Å². The fraction of sp³-hybridized carbons (Fsp3) is 0.538. The summed E-state index contributed by atoms with van der Waals surface area (Å²) in [4.78, 5) is 0. The van der Waals surface area contributed by atoms with E-state index in [2.05, 4.69) is 5.32 Å². The van der Waals surface area contributed by atoms with Crippen molar-refractivity contribution < 1.29 is 17.9 Å². The predicted octanol–water partition coefficient (Wildman–Crippen LogP) is 4.34. The smallest absolute Gasteiger partial charge is 0.381 e. The average molecular weight is 294 g/mol. The van der Waals surface area contributed by atoms with Crippen molar-refractivity contribution in [2.45, 2.75) is 38.1 Å². The van der Waals surface area contributed by atoms with Gasteiger partial charge in [0.25, 0.3) is 0 Å². The topological polar surface area (TPSA) is 21.3 Å². The maximum atomic E-state index is 12.6. The summed E-state index contributed by atoms with van der Waals surface area (Å²) in [5.41, 5.74) is -0.366. The molecule has 0 saturated carbocycles. The first-order chi connectivity index (χ1) is 8.86. The molecule has 0 aliphatic carbocycles. The second kappa shape index (κ2) is 5.59. The molecular formula is C13H15ClF3NO. The van der Waals surface area contributed by atoms with Crippen LogP contribution in [0.25, 0.3) is 0 Å². The molecule has 6 heteroatoms. The van der Waals surface area contributed by atoms with Gasteiger partial charge in [0.2, 0.25) is 0 Å². The van der Waals surface area contributed by atoms with Crippen LogP contribution in [0.1, 0.15) is 25.3 Å². The second-order valence-electron chi connectivity index (χ2n) is 4.74. The van der Waals surface area contributed by atoms with E-state index in [9.17, 15) is 13.2 Å². The molecule has 1 fully saturated rings. The summed E-state index contributed by atoms with van der Waals surface area (Å²) in [5, 5.41) is 3.38. The number of anilines is 1. The lowest BCUT2D eigenvalue weighted by Crippen LogP contribution is -2.32. The predicted molar refractivity (Wildman–Crippen MR) is 68.5 cm³/mol. The third-order valence-electron chi connectivity index (χ3n) is 3.14. The van der Waals surface area contributed by atoms with Crippen LogP contribution in [-0.4, -0.2) is 18.8 Å². The molecule has 1 N–H and O–H groups in total. The van der Waals surface area contributed by atoms with E-state index >= 15 is 0 Å². The van der Waals surface area contributed by atoms with Gasteiger partial charge in [0, 0.05) is 12.6 Å². The Balaban J connectivity index is 2.15. The van der Waals surface area contributed by atoms with Crippen LogP contribution in [0.2, 0.25) is 5.02 Å². The van der Waals surface area contributed by atoms with E-state index in [1.165, 1.54) is 6.07 Å². The normalized spacial score (nSPS) is 24.3. The molecule has 1 aromatic carbocycles. The van der Waals surface area contributed by atoms with Crippen molar-refractivity contribution in [1.29, 1.82) is 0 Å². The van der Waals surface area contributed by atoms with E-state index in [1.54, 1.807) is 0 Å². The zero-order chi connectivity index (χ0) is 14.0. The minimum Gasteiger partial charge on any atom is -0.381 e. The molecule has 0 bridgehead atoms. The summed E-state index contributed by atoms with van der Waals surface area (Å²) in [7, 11) is 0. The Morgan fingerprint density at radius 3 is 2.74 bits per heavy atom. The molecule has 2 rings (SSSR count). The lowest BCUT2D eigenvalue weighted by molar-refractivity contribution is -0.137. The highest BCUT2D eigenvalue weighted by atomic mass is 35.5. The molecule has 1 aromatic rings. The van der Waals surface area contributed by atoms with Gasteiger partial charge < -0.3 is 10.1 Å². The average Bonchev–Trinajstić information content (AvgIpc) is 2.30. The highest BCUT2D eigenvalue weighted by molar-refractivity contribution is 6.33. The molecule has 0 spiro atoms. The van der Waals surface area contributed by atoms with Crippen LogP contribution in [0.5, 0.6) is 0 Å². The van der Waals surface area contributed by atoms with Gasteiger partial charge in [-0.05, 0) is 38.0 Å². The monoisotopic (exact) mass is 293 g/mol. The Hall–Kier alpha value is -0.940. The third-order valence-corrected chi connectivity index (χ3v) is 3.47. The summed E-state index contributed by atoms with van der Waals surface area (Å²) in [6.45, 7) is 2.55. The zero-order valence-electron chi connectivity index (χ0n) is 10.4. The Kier molecular flexibility index (Phi) is 4.26. The number of benzene rings is 1. The van der Waals surface area contributed by atoms with E-state index < -0.39 is 11.7 Å². The SMILES string of the molecule is CC1CC(Nc2cc(C(F)(F)F)ccc2Cl)CCO1. The van der Waals surface area contributed by atoms with Crippen molar-refractivity contribution in [1.82, 2.24) is 0 Å². The van der Waals surface area contributed by atoms with Gasteiger partial charge in [-0.25, -0.2) is 0 Å². The van der Waals surface area contributed by atoms with Crippen molar-refractivity contribution in [2.24, 2.45) is 0 Å². The van der Waals surface area contributed by atoms with Crippen LogP contribution in [-0.2, 0) is 10.9 Å². The molecule has 106 valence electrons. The van der Waals surface area contributed by atoms with Crippen molar-refractivity contribution in [3.05, 3.63) is 28.8 Å². The van der Waals surface area contributed by atoms with Crippen LogP contribution in [0.3, 0.4) is 0 Å². The van der Waals surface area contributed by atoms with Crippen molar-refractivity contribution in [2.75, 3.05) is 11.9 Å². The molecule has 1 aliphatic heterocycles. The first-order valence-corrected chi connectivity index (χ1v) is 6.49. The van der Waals surface area contributed by atoms with Gasteiger partial charge in [0.05, 0.1) is 22.4 Å². The molecule has 0 amide bonds. The highest BCUT2D eigenvalue weighted by Gasteiger charge is 2.31. The van der Waals surface area contributed by atoms with Gasteiger partial charge in [-0.1, -0.05) is 11.6 Å². The second-order valence-corrected chi connectivity index (χ2v) is 5.15. The lowest BCUT2D eigenvalue weighted by atomic mass is 10.0. The first kappa shape index (κ1) is 14.5. The number of hydrogen-bond acceptors (Lipinski definition) is 2. The van der Waals surface area contributed by atoms with Crippen LogP contribution in [0, 0.1) is 0 Å². The quantitative estimate of drug-likeness (QED) is 0.876. The fourth-order valence-corrected chi connectivity index (χ4v) is 2.33. The number of ether oxygens (including phenoxy) is 1. The van der Waals surface area contributed by atoms with E-state index in [0.29, 0.717) is 17.3 Å². The standard InChI is InChI=1S/C13H15ClF3NO/c1-8-6-10(4-5-19-8)18-12-7-9(13(15,16)17)2-3-11(12)14/h2-3,7-8,10,18H,4-6H2,1H3. The number of alkyl halides is 3. The van der Waals surface area contributed by atoms with Crippen LogP contribution < -0.4 is 5.32 Å². The van der Waals surface area contributed by atoms with E-state index in [-0.39, 0.29) is 12.1 Å². The maximum Gasteiger partial charge on any atom is 0.416 e. The third kappa shape index (κ3) is 3.76. The molecular weight excluding hydrogens is 279 g/mol. The number of hydrogen-bond donors (Lipinski definition) is 1.